The van der Waals surface area contributed by atoms with E-state index in [4.69, 9.17) is 67.5 Å². The second-order valence-electron chi connectivity index (χ2n) is 43.2. The topological polar surface area (TPSA) is 250 Å². The van der Waals surface area contributed by atoms with Gasteiger partial charge in [-0.1, -0.05) is 310 Å². The number of fused-ring (bicyclic) bond motifs is 1. The van der Waals surface area contributed by atoms with Crippen LogP contribution in [-0.2, 0) is 86.7 Å². The van der Waals surface area contributed by atoms with Crippen LogP contribution in [-0.4, -0.2) is 177 Å². The predicted octanol–water partition coefficient (Wildman–Crippen LogP) is 28.8. The van der Waals surface area contributed by atoms with Gasteiger partial charge in [0.25, 0.3) is 0 Å². The van der Waals surface area contributed by atoms with Crippen molar-refractivity contribution in [2.45, 2.75) is 305 Å². The Morgan fingerprint density at radius 3 is 1.26 bits per heavy atom. The molecule has 2 N–H and O–H groups in total. The number of Topliss-reactive ketones (excluding diaryl/α,β-unsaturated/α-hetero) is 1. The number of anilines is 1. The van der Waals surface area contributed by atoms with Crippen LogP contribution in [0.3, 0.4) is 0 Å². The number of rotatable bonds is 43. The van der Waals surface area contributed by atoms with Crippen LogP contribution in [0, 0.1) is 0 Å². The molecule has 1 aliphatic rings. The van der Waals surface area contributed by atoms with Crippen LogP contribution in [0.2, 0.25) is 92.2 Å². The van der Waals surface area contributed by atoms with Crippen molar-refractivity contribution in [3.05, 3.63) is 327 Å². The molecule has 1 saturated heterocycles. The van der Waals surface area contributed by atoms with Gasteiger partial charge in [0.15, 0.2) is 56.9 Å². The lowest BCUT2D eigenvalue weighted by Crippen LogP contribution is -2.43. The average Bonchev–Trinajstić information content (AvgIpc) is 1.35. The maximum Gasteiger partial charge on any atom is 0.343 e. The zero-order valence-corrected chi connectivity index (χ0v) is 97.4. The lowest BCUT2D eigenvalue weighted by molar-refractivity contribution is -0.157. The number of esters is 2. The molecule has 0 radical (unpaired) electrons. The molecule has 0 amide bonds. The van der Waals surface area contributed by atoms with Gasteiger partial charge in [0.1, 0.15) is 54.7 Å². The van der Waals surface area contributed by atoms with Crippen molar-refractivity contribution in [3.63, 3.8) is 0 Å². The summed E-state index contributed by atoms with van der Waals surface area (Å²) in [5.41, 5.74) is 5.40. The van der Waals surface area contributed by atoms with Crippen molar-refractivity contribution in [3.8, 4) is 17.2 Å². The lowest BCUT2D eigenvalue weighted by Gasteiger charge is -2.36. The number of hydrogen-bond donors (Lipinski definition) is 2. The first kappa shape index (κ1) is 130. The lowest BCUT2D eigenvalue weighted by atomic mass is 10.1. The van der Waals surface area contributed by atoms with Gasteiger partial charge in [0.2, 0.25) is 8.32 Å². The number of nitrogens with one attached hydrogen (secondary N) is 1. The molecule has 11 aromatic rings. The molecule has 1 aliphatic heterocycles. The predicted molar refractivity (Wildman–Crippen MR) is 622 cm³/mol. The van der Waals surface area contributed by atoms with Crippen molar-refractivity contribution in [1.82, 2.24) is 24.0 Å². The summed E-state index contributed by atoms with van der Waals surface area (Å²) in [6.45, 7) is 58.2. The molecule has 0 saturated carbocycles. The third-order valence-electron chi connectivity index (χ3n) is 26.1. The minimum absolute atomic E-state index is 0. The third kappa shape index (κ3) is 50.1. The van der Waals surface area contributed by atoms with Crippen LogP contribution < -0.4 is 19.5 Å². The van der Waals surface area contributed by atoms with Crippen molar-refractivity contribution in [2.24, 2.45) is 0 Å². The highest BCUT2D eigenvalue weighted by Gasteiger charge is 2.41. The Kier molecular flexibility index (Phi) is 57.7. The first-order valence-electron chi connectivity index (χ1n) is 50.9. The highest BCUT2D eigenvalue weighted by Crippen LogP contribution is 2.40. The summed E-state index contributed by atoms with van der Waals surface area (Å²) in [7, 11) is -6.59. The van der Waals surface area contributed by atoms with Crippen LogP contribution in [0.25, 0.3) is 10.8 Å². The Balaban J connectivity index is 0.000000366. The summed E-state index contributed by atoms with van der Waals surface area (Å²) in [6, 6.07) is 82.5. The fraction of sp³-hybridized carbons (Fsp3) is 0.454. The highest BCUT2D eigenvalue weighted by atomic mass is 32.1. The SMILES string of the molecule is C.C.CC(=O)CCO[Si](C)(C)C(C)(C)C.CC(C)(C)[Si](C)(C)OCCC[C@@H](C=O)OCc1ccccc1.CC(C)(C)[Si](C)(C)OCCC[C@H](OCc1ccccc1)C(=O)Oc1ccccc1.CC(C)(C)[Si](C)(C)OCC[C@@H](O)[C@H](OCc1ccccc1)C(=O)Oc1ccccc1.CN1CCC[C@H]1CNc1cccc2ccccc12.C[Si](C)(C)O/C(=C\OCc1ccccc1)Oc1ccccc1.S=C(n1ccnc1)n1ccnc1. The van der Waals surface area contributed by atoms with Gasteiger partial charge in [-0.15, -0.1) is 0 Å². The van der Waals surface area contributed by atoms with Gasteiger partial charge in [-0.05, 0) is 240 Å². The number of para-hydroxylation sites is 3. The molecule has 0 spiro atoms. The number of hydrogen-bond acceptors (Lipinski definition) is 22. The van der Waals surface area contributed by atoms with Crippen molar-refractivity contribution in [1.29, 1.82) is 0 Å². The summed E-state index contributed by atoms with van der Waals surface area (Å²) >= 11 is 5.14. The number of carbonyl (C=O) groups is 4. The Hall–Kier alpha value is -10.3. The van der Waals surface area contributed by atoms with Crippen LogP contribution in [0.4, 0.5) is 5.69 Å². The molecule has 5 atom stereocenters. The number of imidazole rings is 2. The van der Waals surface area contributed by atoms with E-state index in [1.54, 1.807) is 96.2 Å². The Bertz CT molecular complexity index is 5460. The minimum atomic E-state index is -1.93. The average molecular weight is 2140 g/mol. The zero-order chi connectivity index (χ0) is 107. The van der Waals surface area contributed by atoms with Crippen molar-refractivity contribution >= 4 is 99.4 Å². The number of likely N-dealkylation sites (N-methyl/N-ethyl adjacent to an activating group) is 1. The Morgan fingerprint density at radius 2 is 0.851 bits per heavy atom. The molecule has 148 heavy (non-hydrogen) atoms. The molecule has 12 rings (SSSR count). The fourth-order valence-corrected chi connectivity index (χ4v) is 18.2. The molecule has 23 nitrogen and oxygen atoms in total. The molecule has 810 valence electrons. The minimum Gasteiger partial charge on any atom is -0.517 e. The molecule has 2 aromatic heterocycles. The number of aliphatic hydroxyl groups is 1. The smallest absolute Gasteiger partial charge is 0.343 e. The maximum absolute atomic E-state index is 12.8. The van der Waals surface area contributed by atoms with E-state index in [1.165, 1.54) is 35.8 Å². The van der Waals surface area contributed by atoms with Gasteiger partial charge < -0.3 is 75.4 Å². The molecule has 3 heterocycles. The quantitative estimate of drug-likeness (QED) is 0.00685. The number of aliphatic hydroxyl groups excluding tert-OH is 1. The molecule has 0 bridgehead atoms. The fourth-order valence-electron chi connectivity index (χ4n) is 13.0. The van der Waals surface area contributed by atoms with E-state index in [9.17, 15) is 24.3 Å². The number of thiocarbonyl (C=S) groups is 1. The summed E-state index contributed by atoms with van der Waals surface area (Å²) in [4.78, 5) is 57.5. The van der Waals surface area contributed by atoms with E-state index in [0.29, 0.717) is 94.1 Å². The number of likely N-dealkylation sites (tertiary alicyclic amines) is 1. The van der Waals surface area contributed by atoms with Gasteiger partial charge in [-0.3, -0.25) is 13.9 Å². The van der Waals surface area contributed by atoms with E-state index in [2.05, 4.69) is 225 Å². The number of carbonyl (C=O) groups excluding carboxylic acids is 4. The molecule has 0 aliphatic carbocycles. The monoisotopic (exact) mass is 2130 g/mol. The van der Waals surface area contributed by atoms with Crippen LogP contribution in [0.1, 0.15) is 178 Å². The zero-order valence-electron chi connectivity index (χ0n) is 91.6. The summed E-state index contributed by atoms with van der Waals surface area (Å²) < 4.78 is 73.5. The van der Waals surface area contributed by atoms with E-state index >= 15 is 0 Å². The molecule has 9 aromatic carbocycles. The van der Waals surface area contributed by atoms with Gasteiger partial charge >= 0.3 is 17.9 Å². The van der Waals surface area contributed by atoms with Gasteiger partial charge in [0, 0.05) is 81.3 Å². The molecule has 29 heteroatoms. The second-order valence-corrected chi connectivity index (χ2v) is 67.3. The normalized spacial score (nSPS) is 13.7. The number of ketones is 1. The first-order valence-corrected chi connectivity index (χ1v) is 66.3. The maximum atomic E-state index is 12.8. The van der Waals surface area contributed by atoms with Crippen LogP contribution >= 0.6 is 12.2 Å². The molecular formula is C119H176N6O17SSi5. The molecule has 0 unspecified atom stereocenters. The standard InChI is InChI=1S/C24H34O5Si.C24H34O4Si.C18H22O3Si.C18H30O3Si.C16H20N2.C10H22O2Si.C7H6N4S.2CH4/c1-24(2,3)30(4,5)28-17-16-21(25)22(27-18-19-12-8-6-9-13-19)23(26)29-20-14-10-7-11-15-20;1-24(2,3)29(4,5)27-18-12-17-22(26-19-20-13-8-6-9-14-20)23(25)28-21-15-10-7-11-16-21;1-22(2,3)21-18(20-17-12-8-5-9-13-17)15-19-14-16-10-6-4-7-11-16;1-18(2,3)22(4,5)21-13-9-12-17(14-19)20-15-16-10-7-6-8-11-16;1-18-11-5-8-14(18)12-17-16-10-4-7-13-6-2-3-9-15(13)16;1-9(11)7-8-12-13(5,6)10(2,3)4;12-7(10-3-1-8-5-10)11-4-2-9-6-11;;/h6-15,21-22,25H,16-18H2,1-5H3;6-11,13-16,22H,12,17-19H2,1-5H3;4-13,15H,14H2,1-3H3;6-8,10-11,14,17H,9,12-13,15H2,1-5H3;2-4,6-7,9-10,14,17H,5,8,11-12H2,1H3;7-8H2,1-6H3;1-6H;2*1H4/b;;18-15-;;;;;;/t21-,22+;22-;;17-;14-;;;;/m10.00..../s1. The Labute approximate surface area is 898 Å². The summed E-state index contributed by atoms with van der Waals surface area (Å²) in [5.74, 6) is 1.32. The molecular weight excluding hydrogens is 1960 g/mol. The summed E-state index contributed by atoms with van der Waals surface area (Å²) in [6.07, 6.45) is 16.0. The first-order chi connectivity index (χ1) is 69.0. The third-order valence-corrected chi connectivity index (χ3v) is 45.4. The van der Waals surface area contributed by atoms with Gasteiger partial charge in [-0.2, -0.15) is 0 Å². The Morgan fingerprint density at radius 1 is 0.466 bits per heavy atom. The van der Waals surface area contributed by atoms with Gasteiger partial charge in [-0.25, -0.2) is 19.6 Å². The van der Waals surface area contributed by atoms with E-state index in [0.717, 1.165) is 53.7 Å². The van der Waals surface area contributed by atoms with Crippen LogP contribution in [0.15, 0.2) is 304 Å². The van der Waals surface area contributed by atoms with Crippen molar-refractivity contribution in [2.75, 3.05) is 51.9 Å². The van der Waals surface area contributed by atoms with Crippen molar-refractivity contribution < 1.29 is 79.6 Å². The number of nitrogens with zero attached hydrogens (tertiary/aromatic N) is 5. The highest BCUT2D eigenvalue weighted by molar-refractivity contribution is 7.80. The van der Waals surface area contributed by atoms with Crippen LogP contribution in [0.5, 0.6) is 17.2 Å². The van der Waals surface area contributed by atoms with E-state index in [1.807, 2.05) is 176 Å². The largest absolute Gasteiger partial charge is 0.517 e. The summed E-state index contributed by atoms with van der Waals surface area (Å²) in [5, 5.41) is 18.3. The number of aromatic nitrogens is 4. The van der Waals surface area contributed by atoms with Gasteiger partial charge in [0.05, 0.1) is 25.9 Å². The number of ether oxygens (including phenoxy) is 7. The van der Waals surface area contributed by atoms with E-state index in [-0.39, 0.29) is 65.9 Å². The second kappa shape index (κ2) is 65.7. The number of aldehydes is 1. The number of benzene rings is 9. The molecule has 1 fully saturated rings. The van der Waals surface area contributed by atoms with E-state index < -0.39 is 65.9 Å².